The van der Waals surface area contributed by atoms with Gasteiger partial charge in [-0.1, -0.05) is 13.3 Å². The maximum absolute atomic E-state index is 10.4. The van der Waals surface area contributed by atoms with Crippen molar-refractivity contribution in [1.82, 2.24) is 14.7 Å². The molecule has 4 heteroatoms. The van der Waals surface area contributed by atoms with Crippen LogP contribution in [0.1, 0.15) is 60.3 Å². The molecule has 136 valence electrons. The Hall–Kier alpha value is -0.160. The van der Waals surface area contributed by atoms with Gasteiger partial charge in [0.05, 0.1) is 6.10 Å². The van der Waals surface area contributed by atoms with Crippen molar-refractivity contribution in [3.63, 3.8) is 0 Å². The van der Waals surface area contributed by atoms with E-state index in [-0.39, 0.29) is 11.6 Å². The van der Waals surface area contributed by atoms with Crippen LogP contribution >= 0.6 is 0 Å². The van der Waals surface area contributed by atoms with E-state index in [0.29, 0.717) is 12.1 Å². The van der Waals surface area contributed by atoms with Gasteiger partial charge < -0.3 is 10.0 Å². The summed E-state index contributed by atoms with van der Waals surface area (Å²) in [5.41, 5.74) is 0.167. The standard InChI is InChI=1S/C19H39N3O/c1-6-7-9-20-11-13-21(14-12-20)19(4,5)15-17-18(23)8-10-22(17)16(2)3/h16-18,23H,6-15H2,1-5H3. The van der Waals surface area contributed by atoms with E-state index < -0.39 is 0 Å². The predicted molar refractivity (Wildman–Crippen MR) is 97.9 cm³/mol. The average molecular weight is 326 g/mol. The SMILES string of the molecule is CCCCN1CCN(C(C)(C)CC2C(O)CCN2C(C)C)CC1. The van der Waals surface area contributed by atoms with Crippen LogP contribution < -0.4 is 0 Å². The molecule has 2 atom stereocenters. The van der Waals surface area contributed by atoms with Crippen LogP contribution in [-0.4, -0.2) is 82.8 Å². The molecule has 2 unspecified atom stereocenters. The third-order valence-electron chi connectivity index (χ3n) is 5.98. The molecule has 2 rings (SSSR count). The van der Waals surface area contributed by atoms with Crippen molar-refractivity contribution < 1.29 is 5.11 Å². The van der Waals surface area contributed by atoms with Gasteiger partial charge in [0.2, 0.25) is 0 Å². The topological polar surface area (TPSA) is 30.0 Å². The Morgan fingerprint density at radius 3 is 2.30 bits per heavy atom. The van der Waals surface area contributed by atoms with Crippen LogP contribution in [0, 0.1) is 0 Å². The van der Waals surface area contributed by atoms with Gasteiger partial charge in [-0.3, -0.25) is 9.80 Å². The Balaban J connectivity index is 1.89. The summed E-state index contributed by atoms with van der Waals surface area (Å²) >= 11 is 0. The van der Waals surface area contributed by atoms with Gasteiger partial charge in [-0.2, -0.15) is 0 Å². The van der Waals surface area contributed by atoms with Crippen LogP contribution in [0.4, 0.5) is 0 Å². The Bertz CT molecular complexity index is 351. The molecule has 2 aliphatic rings. The third-order valence-corrected chi connectivity index (χ3v) is 5.98. The van der Waals surface area contributed by atoms with Crippen LogP contribution in [-0.2, 0) is 0 Å². The van der Waals surface area contributed by atoms with E-state index in [2.05, 4.69) is 49.3 Å². The molecule has 2 heterocycles. The first kappa shape index (κ1) is 19.2. The highest BCUT2D eigenvalue weighted by molar-refractivity contribution is 4.96. The molecule has 0 aliphatic carbocycles. The molecule has 0 spiro atoms. The molecular formula is C19H39N3O. The van der Waals surface area contributed by atoms with Crippen LogP contribution in [0.2, 0.25) is 0 Å². The summed E-state index contributed by atoms with van der Waals surface area (Å²) in [4.78, 5) is 7.77. The minimum absolute atomic E-state index is 0.150. The number of unbranched alkanes of at least 4 members (excludes halogenated alkanes) is 1. The van der Waals surface area contributed by atoms with Gasteiger partial charge in [-0.25, -0.2) is 0 Å². The van der Waals surface area contributed by atoms with E-state index in [4.69, 9.17) is 0 Å². The maximum atomic E-state index is 10.4. The zero-order valence-corrected chi connectivity index (χ0v) is 16.1. The smallest absolute Gasteiger partial charge is 0.0708 e. The number of aliphatic hydroxyl groups is 1. The van der Waals surface area contributed by atoms with Crippen molar-refractivity contribution in [2.45, 2.75) is 84.0 Å². The third kappa shape index (κ3) is 4.91. The summed E-state index contributed by atoms with van der Waals surface area (Å²) in [5, 5.41) is 10.4. The van der Waals surface area contributed by atoms with Crippen molar-refractivity contribution in [3.05, 3.63) is 0 Å². The molecule has 0 saturated carbocycles. The van der Waals surface area contributed by atoms with Crippen molar-refractivity contribution in [1.29, 1.82) is 0 Å². The summed E-state index contributed by atoms with van der Waals surface area (Å²) in [6.07, 6.45) is 4.46. The van der Waals surface area contributed by atoms with Gasteiger partial charge in [-0.05, 0) is 53.5 Å². The normalized spacial score (nSPS) is 28.8. The van der Waals surface area contributed by atoms with Crippen molar-refractivity contribution in [3.8, 4) is 0 Å². The molecule has 2 fully saturated rings. The average Bonchev–Trinajstić information content (AvgIpc) is 2.86. The summed E-state index contributed by atoms with van der Waals surface area (Å²) < 4.78 is 0. The van der Waals surface area contributed by atoms with E-state index >= 15 is 0 Å². The Labute approximate surface area is 143 Å². The summed E-state index contributed by atoms with van der Waals surface area (Å²) in [6.45, 7) is 18.6. The molecule has 0 aromatic rings. The number of hydrogen-bond acceptors (Lipinski definition) is 4. The van der Waals surface area contributed by atoms with Crippen LogP contribution in [0.15, 0.2) is 0 Å². The van der Waals surface area contributed by atoms with Crippen LogP contribution in [0.3, 0.4) is 0 Å². The first-order valence-electron chi connectivity index (χ1n) is 9.76. The highest BCUT2D eigenvalue weighted by atomic mass is 16.3. The maximum Gasteiger partial charge on any atom is 0.0708 e. The van der Waals surface area contributed by atoms with E-state index in [1.54, 1.807) is 0 Å². The van der Waals surface area contributed by atoms with Crippen molar-refractivity contribution in [2.75, 3.05) is 39.3 Å². The lowest BCUT2D eigenvalue weighted by atomic mass is 9.90. The van der Waals surface area contributed by atoms with Crippen molar-refractivity contribution >= 4 is 0 Å². The monoisotopic (exact) mass is 325 g/mol. The number of aliphatic hydroxyl groups excluding tert-OH is 1. The number of nitrogens with zero attached hydrogens (tertiary/aromatic N) is 3. The minimum atomic E-state index is -0.150. The molecule has 0 aromatic carbocycles. The summed E-state index contributed by atoms with van der Waals surface area (Å²) in [5.74, 6) is 0. The predicted octanol–water partition coefficient (Wildman–Crippen LogP) is 2.42. The first-order chi connectivity index (χ1) is 10.8. The summed E-state index contributed by atoms with van der Waals surface area (Å²) in [7, 11) is 0. The molecule has 2 saturated heterocycles. The fourth-order valence-electron chi connectivity index (χ4n) is 4.35. The molecule has 0 aromatic heterocycles. The van der Waals surface area contributed by atoms with E-state index in [1.165, 1.54) is 45.6 Å². The van der Waals surface area contributed by atoms with Gasteiger partial charge >= 0.3 is 0 Å². The lowest BCUT2D eigenvalue weighted by Gasteiger charge is -2.46. The molecule has 0 radical (unpaired) electrons. The van der Waals surface area contributed by atoms with E-state index in [9.17, 15) is 5.11 Å². The largest absolute Gasteiger partial charge is 0.391 e. The number of rotatable bonds is 7. The molecular weight excluding hydrogens is 286 g/mol. The first-order valence-corrected chi connectivity index (χ1v) is 9.76. The highest BCUT2D eigenvalue weighted by Crippen LogP contribution is 2.31. The second kappa shape index (κ2) is 8.28. The van der Waals surface area contributed by atoms with E-state index in [1.807, 2.05) is 0 Å². The van der Waals surface area contributed by atoms with Crippen LogP contribution in [0.5, 0.6) is 0 Å². The fraction of sp³-hybridized carbons (Fsp3) is 1.00. The molecule has 0 bridgehead atoms. The van der Waals surface area contributed by atoms with Gasteiger partial charge in [0.25, 0.3) is 0 Å². The Kier molecular flexibility index (Phi) is 6.90. The second-order valence-corrected chi connectivity index (χ2v) is 8.45. The molecule has 4 nitrogen and oxygen atoms in total. The van der Waals surface area contributed by atoms with E-state index in [0.717, 1.165) is 19.4 Å². The van der Waals surface area contributed by atoms with Gasteiger partial charge in [0.15, 0.2) is 0 Å². The molecule has 2 aliphatic heterocycles. The molecule has 23 heavy (non-hydrogen) atoms. The fourth-order valence-corrected chi connectivity index (χ4v) is 4.35. The summed E-state index contributed by atoms with van der Waals surface area (Å²) in [6, 6.07) is 0.849. The zero-order chi connectivity index (χ0) is 17.0. The molecule has 1 N–H and O–H groups in total. The minimum Gasteiger partial charge on any atom is -0.391 e. The van der Waals surface area contributed by atoms with Gasteiger partial charge in [-0.15, -0.1) is 0 Å². The number of piperazine rings is 1. The van der Waals surface area contributed by atoms with Gasteiger partial charge in [0.1, 0.15) is 0 Å². The second-order valence-electron chi connectivity index (χ2n) is 8.45. The highest BCUT2D eigenvalue weighted by Gasteiger charge is 2.40. The Morgan fingerprint density at radius 2 is 1.74 bits per heavy atom. The number of hydrogen-bond donors (Lipinski definition) is 1. The number of likely N-dealkylation sites (tertiary alicyclic amines) is 1. The van der Waals surface area contributed by atoms with Crippen molar-refractivity contribution in [2.24, 2.45) is 0 Å². The lowest BCUT2D eigenvalue weighted by molar-refractivity contribution is 0.00942. The van der Waals surface area contributed by atoms with Crippen LogP contribution in [0.25, 0.3) is 0 Å². The zero-order valence-electron chi connectivity index (χ0n) is 16.1. The lowest BCUT2D eigenvalue weighted by Crippen LogP contribution is -2.57. The Morgan fingerprint density at radius 1 is 1.09 bits per heavy atom. The van der Waals surface area contributed by atoms with Gasteiger partial charge in [0, 0.05) is 50.3 Å². The molecule has 0 amide bonds. The quantitative estimate of drug-likeness (QED) is 0.778.